The molecule has 0 atom stereocenters. The second-order valence-corrected chi connectivity index (χ2v) is 4.82. The molecule has 7 heteroatoms. The minimum Gasteiger partial charge on any atom is -0.497 e. The van der Waals surface area contributed by atoms with E-state index < -0.39 is 5.91 Å². The Hall–Kier alpha value is -3.19. The standard InChI is InChI=1S/C16H13N3O4/c1-23-11-5-2-9(3-6-11)14-17-13-8-10(15(20)19-22)4-7-12(13)16(21)18-14/h2-8,22H,1H3,(H,19,20)(H,17,18,21). The van der Waals surface area contributed by atoms with Crippen LogP contribution in [0.15, 0.2) is 47.3 Å². The maximum Gasteiger partial charge on any atom is 0.274 e. The minimum atomic E-state index is -0.667. The van der Waals surface area contributed by atoms with Crippen molar-refractivity contribution in [3.05, 3.63) is 58.4 Å². The minimum absolute atomic E-state index is 0.207. The van der Waals surface area contributed by atoms with Crippen LogP contribution in [-0.2, 0) is 0 Å². The molecule has 0 spiro atoms. The highest BCUT2D eigenvalue weighted by molar-refractivity contribution is 5.97. The molecule has 0 radical (unpaired) electrons. The quantitative estimate of drug-likeness (QED) is 0.504. The molecule has 0 aliphatic rings. The highest BCUT2D eigenvalue weighted by Crippen LogP contribution is 2.20. The van der Waals surface area contributed by atoms with Gasteiger partial charge in [0, 0.05) is 11.1 Å². The van der Waals surface area contributed by atoms with Gasteiger partial charge in [-0.15, -0.1) is 0 Å². The third-order valence-corrected chi connectivity index (χ3v) is 3.43. The number of carbonyl (C=O) groups is 1. The summed E-state index contributed by atoms with van der Waals surface area (Å²) < 4.78 is 5.09. The molecule has 0 saturated heterocycles. The zero-order valence-corrected chi connectivity index (χ0v) is 12.2. The predicted molar refractivity (Wildman–Crippen MR) is 83.6 cm³/mol. The number of carbonyl (C=O) groups excluding carboxylic acids is 1. The maximum atomic E-state index is 12.2. The van der Waals surface area contributed by atoms with Gasteiger partial charge >= 0.3 is 0 Å². The first-order valence-corrected chi connectivity index (χ1v) is 6.75. The van der Waals surface area contributed by atoms with Gasteiger partial charge in [-0.25, -0.2) is 10.5 Å². The van der Waals surface area contributed by atoms with E-state index in [1.54, 1.807) is 36.9 Å². The number of ether oxygens (including phenoxy) is 1. The number of hydroxylamine groups is 1. The van der Waals surface area contributed by atoms with Crippen LogP contribution in [0.1, 0.15) is 10.4 Å². The summed E-state index contributed by atoms with van der Waals surface area (Å²) in [7, 11) is 1.57. The number of methoxy groups -OCH3 is 1. The zero-order valence-electron chi connectivity index (χ0n) is 12.2. The molecule has 0 aliphatic heterocycles. The van der Waals surface area contributed by atoms with E-state index in [1.807, 2.05) is 0 Å². The zero-order chi connectivity index (χ0) is 16.4. The van der Waals surface area contributed by atoms with Crippen LogP contribution in [0.3, 0.4) is 0 Å². The van der Waals surface area contributed by atoms with E-state index in [0.717, 1.165) is 0 Å². The number of nitrogens with zero attached hydrogens (tertiary/aromatic N) is 1. The second-order valence-electron chi connectivity index (χ2n) is 4.82. The summed E-state index contributed by atoms with van der Waals surface area (Å²) in [5.74, 6) is 0.408. The largest absolute Gasteiger partial charge is 0.497 e. The van der Waals surface area contributed by atoms with Crippen LogP contribution in [0, 0.1) is 0 Å². The Balaban J connectivity index is 2.14. The Morgan fingerprint density at radius 3 is 2.61 bits per heavy atom. The molecule has 3 rings (SSSR count). The lowest BCUT2D eigenvalue weighted by atomic mass is 10.1. The van der Waals surface area contributed by atoms with Crippen molar-refractivity contribution in [3.8, 4) is 17.1 Å². The summed E-state index contributed by atoms with van der Waals surface area (Å²) in [6.07, 6.45) is 0. The lowest BCUT2D eigenvalue weighted by Gasteiger charge is -2.06. The first-order valence-electron chi connectivity index (χ1n) is 6.75. The fourth-order valence-electron chi connectivity index (χ4n) is 2.23. The van der Waals surface area contributed by atoms with Gasteiger partial charge in [0.1, 0.15) is 11.6 Å². The Bertz CT molecular complexity index is 932. The van der Waals surface area contributed by atoms with Crippen LogP contribution in [-0.4, -0.2) is 28.2 Å². The van der Waals surface area contributed by atoms with E-state index in [9.17, 15) is 9.59 Å². The van der Waals surface area contributed by atoms with Crippen molar-refractivity contribution in [3.63, 3.8) is 0 Å². The fourth-order valence-corrected chi connectivity index (χ4v) is 2.23. The van der Waals surface area contributed by atoms with Gasteiger partial charge in [-0.3, -0.25) is 14.8 Å². The number of benzene rings is 2. The van der Waals surface area contributed by atoms with E-state index in [-0.39, 0.29) is 11.1 Å². The van der Waals surface area contributed by atoms with Crippen LogP contribution in [0.5, 0.6) is 5.75 Å². The number of nitrogens with one attached hydrogen (secondary N) is 2. The Labute approximate surface area is 130 Å². The van der Waals surface area contributed by atoms with Crippen LogP contribution >= 0.6 is 0 Å². The summed E-state index contributed by atoms with van der Waals surface area (Å²) in [6.45, 7) is 0. The van der Waals surface area contributed by atoms with Crippen molar-refractivity contribution in [1.82, 2.24) is 15.4 Å². The Morgan fingerprint density at radius 2 is 1.96 bits per heavy atom. The summed E-state index contributed by atoms with van der Waals surface area (Å²) in [5, 5.41) is 9.06. The number of hydrogen-bond acceptors (Lipinski definition) is 5. The van der Waals surface area contributed by atoms with Crippen LogP contribution in [0.25, 0.3) is 22.3 Å². The number of H-pyrrole nitrogens is 1. The van der Waals surface area contributed by atoms with Crippen LogP contribution in [0.2, 0.25) is 0 Å². The maximum absolute atomic E-state index is 12.2. The number of aromatic amines is 1. The molecule has 0 bridgehead atoms. The molecule has 116 valence electrons. The highest BCUT2D eigenvalue weighted by atomic mass is 16.5. The summed E-state index contributed by atoms with van der Waals surface area (Å²) in [4.78, 5) is 30.7. The van der Waals surface area contributed by atoms with Crippen molar-refractivity contribution in [2.24, 2.45) is 0 Å². The van der Waals surface area contributed by atoms with Gasteiger partial charge in [-0.2, -0.15) is 0 Å². The molecule has 0 saturated carbocycles. The molecule has 0 fully saturated rings. The number of fused-ring (bicyclic) bond motifs is 1. The first-order chi connectivity index (χ1) is 11.1. The average molecular weight is 311 g/mol. The van der Waals surface area contributed by atoms with E-state index >= 15 is 0 Å². The topological polar surface area (TPSA) is 104 Å². The first kappa shape index (κ1) is 14.7. The Morgan fingerprint density at radius 1 is 1.22 bits per heavy atom. The van der Waals surface area contributed by atoms with Crippen molar-refractivity contribution < 1.29 is 14.7 Å². The molecule has 0 aliphatic carbocycles. The van der Waals surface area contributed by atoms with Crippen molar-refractivity contribution in [1.29, 1.82) is 0 Å². The third kappa shape index (κ3) is 2.77. The monoisotopic (exact) mass is 311 g/mol. The van der Waals surface area contributed by atoms with Gasteiger partial charge in [-0.1, -0.05) is 0 Å². The van der Waals surface area contributed by atoms with Crippen molar-refractivity contribution in [2.45, 2.75) is 0 Å². The molecule has 1 aromatic heterocycles. The van der Waals surface area contributed by atoms with Crippen LogP contribution < -0.4 is 15.8 Å². The lowest BCUT2D eigenvalue weighted by Crippen LogP contribution is -2.19. The third-order valence-electron chi connectivity index (χ3n) is 3.43. The van der Waals surface area contributed by atoms with E-state index in [4.69, 9.17) is 9.94 Å². The highest BCUT2D eigenvalue weighted by Gasteiger charge is 2.10. The molecule has 3 aromatic rings. The number of aromatic nitrogens is 2. The molecular weight excluding hydrogens is 298 g/mol. The smallest absolute Gasteiger partial charge is 0.274 e. The normalized spacial score (nSPS) is 10.5. The van der Waals surface area contributed by atoms with Crippen molar-refractivity contribution >= 4 is 16.8 Å². The van der Waals surface area contributed by atoms with Gasteiger partial charge in [-0.05, 0) is 42.5 Å². The van der Waals surface area contributed by atoms with Gasteiger partial charge in [0.15, 0.2) is 0 Å². The molecule has 1 heterocycles. The predicted octanol–water partition coefficient (Wildman–Crippen LogP) is 1.72. The molecule has 2 aromatic carbocycles. The van der Waals surface area contributed by atoms with Gasteiger partial charge in [0.25, 0.3) is 11.5 Å². The number of hydrogen-bond donors (Lipinski definition) is 3. The number of amides is 1. The second kappa shape index (κ2) is 5.90. The summed E-state index contributed by atoms with van der Waals surface area (Å²) >= 11 is 0. The SMILES string of the molecule is COc1ccc(-c2nc3cc(C(=O)NO)ccc3c(=O)[nH]2)cc1. The summed E-state index contributed by atoms with van der Waals surface area (Å²) in [5.41, 5.74) is 2.52. The fraction of sp³-hybridized carbons (Fsp3) is 0.0625. The molecule has 23 heavy (non-hydrogen) atoms. The van der Waals surface area contributed by atoms with E-state index in [0.29, 0.717) is 28.0 Å². The summed E-state index contributed by atoms with van der Waals surface area (Å²) in [6, 6.07) is 11.4. The average Bonchev–Trinajstić information content (AvgIpc) is 2.60. The van der Waals surface area contributed by atoms with Crippen molar-refractivity contribution in [2.75, 3.05) is 7.11 Å². The molecule has 0 unspecified atom stereocenters. The van der Waals surface area contributed by atoms with Crippen LogP contribution in [0.4, 0.5) is 0 Å². The lowest BCUT2D eigenvalue weighted by molar-refractivity contribution is 0.0706. The molecular formula is C16H13N3O4. The van der Waals surface area contributed by atoms with E-state index in [1.165, 1.54) is 18.2 Å². The molecule has 1 amide bonds. The van der Waals surface area contributed by atoms with Gasteiger partial charge in [0.2, 0.25) is 0 Å². The Kier molecular flexibility index (Phi) is 3.78. The number of rotatable bonds is 3. The van der Waals surface area contributed by atoms with Gasteiger partial charge < -0.3 is 9.72 Å². The molecule has 7 nitrogen and oxygen atoms in total. The molecule has 3 N–H and O–H groups in total. The van der Waals surface area contributed by atoms with Gasteiger partial charge in [0.05, 0.1) is 18.0 Å². The van der Waals surface area contributed by atoms with E-state index in [2.05, 4.69) is 9.97 Å².